The fourth-order valence-corrected chi connectivity index (χ4v) is 2.44. The SMILES string of the molecule is CC1CCC(C(=O)O)CN1C(=O)COc1ccccc1F. The summed E-state index contributed by atoms with van der Waals surface area (Å²) in [6, 6.07) is 5.82. The summed E-state index contributed by atoms with van der Waals surface area (Å²) < 4.78 is 18.6. The zero-order valence-electron chi connectivity index (χ0n) is 11.8. The number of carboxylic acids is 1. The number of amides is 1. The van der Waals surface area contributed by atoms with Gasteiger partial charge in [-0.25, -0.2) is 4.39 Å². The lowest BCUT2D eigenvalue weighted by Crippen LogP contribution is -2.49. The summed E-state index contributed by atoms with van der Waals surface area (Å²) in [5, 5.41) is 9.05. The van der Waals surface area contributed by atoms with Crippen LogP contribution in [0, 0.1) is 11.7 Å². The molecule has 0 bridgehead atoms. The van der Waals surface area contributed by atoms with Crippen molar-refractivity contribution in [1.29, 1.82) is 0 Å². The monoisotopic (exact) mass is 295 g/mol. The van der Waals surface area contributed by atoms with E-state index in [1.807, 2.05) is 6.92 Å². The van der Waals surface area contributed by atoms with Crippen LogP contribution in [0.5, 0.6) is 5.75 Å². The van der Waals surface area contributed by atoms with Crippen LogP contribution >= 0.6 is 0 Å². The molecular formula is C15H18FNO4. The number of carbonyl (C=O) groups is 2. The van der Waals surface area contributed by atoms with Crippen LogP contribution in [0.2, 0.25) is 0 Å². The highest BCUT2D eigenvalue weighted by Crippen LogP contribution is 2.22. The molecule has 0 aromatic heterocycles. The molecule has 0 spiro atoms. The average Bonchev–Trinajstić information content (AvgIpc) is 2.46. The molecule has 1 heterocycles. The zero-order valence-corrected chi connectivity index (χ0v) is 11.8. The van der Waals surface area contributed by atoms with Crippen molar-refractivity contribution < 1.29 is 23.8 Å². The van der Waals surface area contributed by atoms with E-state index in [4.69, 9.17) is 9.84 Å². The molecule has 5 nitrogen and oxygen atoms in total. The zero-order chi connectivity index (χ0) is 15.4. The number of aliphatic carboxylic acids is 1. The van der Waals surface area contributed by atoms with E-state index in [1.54, 1.807) is 6.07 Å². The van der Waals surface area contributed by atoms with Crippen molar-refractivity contribution >= 4 is 11.9 Å². The van der Waals surface area contributed by atoms with Crippen LogP contribution in [0.3, 0.4) is 0 Å². The summed E-state index contributed by atoms with van der Waals surface area (Å²) in [5.74, 6) is -2.27. The molecular weight excluding hydrogens is 277 g/mol. The molecule has 0 radical (unpaired) electrons. The largest absolute Gasteiger partial charge is 0.481 e. The van der Waals surface area contributed by atoms with E-state index in [9.17, 15) is 14.0 Å². The lowest BCUT2D eigenvalue weighted by Gasteiger charge is -2.36. The molecule has 1 aromatic carbocycles. The third kappa shape index (κ3) is 3.71. The molecule has 0 aliphatic carbocycles. The Morgan fingerprint density at radius 2 is 2.10 bits per heavy atom. The molecule has 1 aliphatic heterocycles. The number of para-hydroxylation sites is 1. The highest BCUT2D eigenvalue weighted by atomic mass is 19.1. The summed E-state index contributed by atoms with van der Waals surface area (Å²) in [6.07, 6.45) is 1.21. The predicted molar refractivity (Wildman–Crippen MR) is 73.4 cm³/mol. The quantitative estimate of drug-likeness (QED) is 0.921. The maximum atomic E-state index is 13.4. The van der Waals surface area contributed by atoms with E-state index in [0.29, 0.717) is 12.8 Å². The number of likely N-dealkylation sites (tertiary alicyclic amines) is 1. The van der Waals surface area contributed by atoms with Crippen LogP contribution in [-0.4, -0.2) is 41.1 Å². The van der Waals surface area contributed by atoms with Crippen molar-refractivity contribution in [1.82, 2.24) is 4.90 Å². The minimum Gasteiger partial charge on any atom is -0.481 e. The van der Waals surface area contributed by atoms with E-state index >= 15 is 0 Å². The van der Waals surface area contributed by atoms with Crippen molar-refractivity contribution in [3.8, 4) is 5.75 Å². The topological polar surface area (TPSA) is 66.8 Å². The summed E-state index contributed by atoms with van der Waals surface area (Å²) in [7, 11) is 0. The van der Waals surface area contributed by atoms with Crippen molar-refractivity contribution in [3.05, 3.63) is 30.1 Å². The Bertz CT molecular complexity index is 534. The summed E-state index contributed by atoms with van der Waals surface area (Å²) in [6.45, 7) is 1.76. The molecule has 6 heteroatoms. The van der Waals surface area contributed by atoms with Crippen LogP contribution in [0.1, 0.15) is 19.8 Å². The highest BCUT2D eigenvalue weighted by molar-refractivity contribution is 5.79. The van der Waals surface area contributed by atoms with Crippen molar-refractivity contribution in [3.63, 3.8) is 0 Å². The van der Waals surface area contributed by atoms with Crippen LogP contribution in [-0.2, 0) is 9.59 Å². The molecule has 1 amide bonds. The second-order valence-corrected chi connectivity index (χ2v) is 5.23. The maximum absolute atomic E-state index is 13.4. The van der Waals surface area contributed by atoms with Crippen molar-refractivity contribution in [2.45, 2.75) is 25.8 Å². The van der Waals surface area contributed by atoms with Gasteiger partial charge in [0.2, 0.25) is 0 Å². The fourth-order valence-electron chi connectivity index (χ4n) is 2.44. The molecule has 2 rings (SSSR count). The van der Waals surface area contributed by atoms with Gasteiger partial charge in [0.05, 0.1) is 5.92 Å². The average molecular weight is 295 g/mol. The van der Waals surface area contributed by atoms with Crippen LogP contribution in [0.4, 0.5) is 4.39 Å². The first-order valence-corrected chi connectivity index (χ1v) is 6.88. The number of rotatable bonds is 4. The second-order valence-electron chi connectivity index (χ2n) is 5.23. The number of piperidine rings is 1. The first-order chi connectivity index (χ1) is 9.99. The van der Waals surface area contributed by atoms with Gasteiger partial charge in [-0.2, -0.15) is 0 Å². The number of carbonyl (C=O) groups excluding carboxylic acids is 1. The van der Waals surface area contributed by atoms with Gasteiger partial charge in [-0.05, 0) is 31.9 Å². The van der Waals surface area contributed by atoms with Gasteiger partial charge in [-0.1, -0.05) is 12.1 Å². The van der Waals surface area contributed by atoms with Crippen LogP contribution < -0.4 is 4.74 Å². The van der Waals surface area contributed by atoms with E-state index < -0.39 is 17.7 Å². The van der Waals surface area contributed by atoms with Gasteiger partial charge in [0, 0.05) is 12.6 Å². The van der Waals surface area contributed by atoms with Gasteiger partial charge in [0.1, 0.15) is 0 Å². The van der Waals surface area contributed by atoms with E-state index in [0.717, 1.165) is 0 Å². The number of hydrogen-bond acceptors (Lipinski definition) is 3. The third-order valence-corrected chi connectivity index (χ3v) is 3.74. The minimum absolute atomic E-state index is 0.0188. The lowest BCUT2D eigenvalue weighted by atomic mass is 9.93. The molecule has 2 unspecified atom stereocenters. The Kier molecular flexibility index (Phi) is 4.77. The summed E-state index contributed by atoms with van der Waals surface area (Å²) in [4.78, 5) is 24.7. The van der Waals surface area contributed by atoms with E-state index in [2.05, 4.69) is 0 Å². The van der Waals surface area contributed by atoms with Crippen LogP contribution in [0.25, 0.3) is 0 Å². The maximum Gasteiger partial charge on any atom is 0.308 e. The number of benzene rings is 1. The highest BCUT2D eigenvalue weighted by Gasteiger charge is 2.32. The van der Waals surface area contributed by atoms with Gasteiger partial charge >= 0.3 is 5.97 Å². The van der Waals surface area contributed by atoms with Gasteiger partial charge in [0.25, 0.3) is 5.91 Å². The first kappa shape index (κ1) is 15.3. The molecule has 1 N–H and O–H groups in total. The number of carboxylic acid groups (broad SMARTS) is 1. The minimum atomic E-state index is -0.894. The molecule has 1 fully saturated rings. The fraction of sp³-hybridized carbons (Fsp3) is 0.467. The molecule has 1 aliphatic rings. The van der Waals surface area contributed by atoms with Gasteiger partial charge in [-0.3, -0.25) is 9.59 Å². The Morgan fingerprint density at radius 3 is 2.76 bits per heavy atom. The van der Waals surface area contributed by atoms with Crippen molar-refractivity contribution in [2.75, 3.05) is 13.2 Å². The molecule has 0 saturated carbocycles. The van der Waals surface area contributed by atoms with Crippen molar-refractivity contribution in [2.24, 2.45) is 5.92 Å². The third-order valence-electron chi connectivity index (χ3n) is 3.74. The number of hydrogen-bond donors (Lipinski definition) is 1. The molecule has 2 atom stereocenters. The van der Waals surface area contributed by atoms with Crippen LogP contribution in [0.15, 0.2) is 24.3 Å². The summed E-state index contributed by atoms with van der Waals surface area (Å²) >= 11 is 0. The smallest absolute Gasteiger partial charge is 0.308 e. The summed E-state index contributed by atoms with van der Waals surface area (Å²) in [5.41, 5.74) is 0. The Hall–Kier alpha value is -2.11. The normalized spacial score (nSPS) is 21.9. The van der Waals surface area contributed by atoms with Gasteiger partial charge in [0.15, 0.2) is 18.2 Å². The predicted octanol–water partition coefficient (Wildman–Crippen LogP) is 1.92. The molecule has 21 heavy (non-hydrogen) atoms. The van der Waals surface area contributed by atoms with E-state index in [1.165, 1.54) is 23.1 Å². The molecule has 114 valence electrons. The van der Waals surface area contributed by atoms with E-state index in [-0.39, 0.29) is 30.9 Å². The number of nitrogens with zero attached hydrogens (tertiary/aromatic N) is 1. The second kappa shape index (κ2) is 6.56. The van der Waals surface area contributed by atoms with Gasteiger partial charge in [-0.15, -0.1) is 0 Å². The number of halogens is 1. The number of ether oxygens (including phenoxy) is 1. The Labute approximate surface area is 122 Å². The Balaban J connectivity index is 1.95. The molecule has 1 saturated heterocycles. The van der Waals surface area contributed by atoms with Gasteiger partial charge < -0.3 is 14.7 Å². The Morgan fingerprint density at radius 1 is 1.38 bits per heavy atom. The standard InChI is InChI=1S/C15H18FNO4/c1-10-6-7-11(15(19)20)8-17(10)14(18)9-21-13-5-3-2-4-12(13)16/h2-5,10-11H,6-9H2,1H3,(H,19,20). The lowest BCUT2D eigenvalue weighted by molar-refractivity contribution is -0.147. The first-order valence-electron chi connectivity index (χ1n) is 6.88. The molecule has 1 aromatic rings.